The number of hydrogen-bond acceptors (Lipinski definition) is 5. The Morgan fingerprint density at radius 1 is 1.26 bits per heavy atom. The molecule has 0 aliphatic heterocycles. The minimum Gasteiger partial charge on any atom is -0.467 e. The van der Waals surface area contributed by atoms with E-state index < -0.39 is 12.0 Å². The summed E-state index contributed by atoms with van der Waals surface area (Å²) in [7, 11) is 2.68. The fourth-order valence-corrected chi connectivity index (χ4v) is 1.68. The number of methoxy groups -OCH3 is 2. The van der Waals surface area contributed by atoms with Crippen LogP contribution in [0.25, 0.3) is 0 Å². The van der Waals surface area contributed by atoms with E-state index in [4.69, 9.17) is 4.74 Å². The van der Waals surface area contributed by atoms with Crippen molar-refractivity contribution in [3.63, 3.8) is 0 Å². The summed E-state index contributed by atoms with van der Waals surface area (Å²) >= 11 is 0. The summed E-state index contributed by atoms with van der Waals surface area (Å²) in [6, 6.07) is 4.73. The second-order valence-electron chi connectivity index (χ2n) is 4.15. The van der Waals surface area contributed by atoms with Gasteiger partial charge in [0.25, 0.3) is 0 Å². The van der Waals surface area contributed by atoms with Crippen molar-refractivity contribution in [3.8, 4) is 0 Å². The Balaban J connectivity index is 2.99. The number of esters is 2. The number of rotatable bonds is 5. The van der Waals surface area contributed by atoms with E-state index in [-0.39, 0.29) is 5.97 Å². The summed E-state index contributed by atoms with van der Waals surface area (Å²) in [5.74, 6) is -0.737. The standard InChI is InChI=1S/C14H19NO4/c1-5-11(14(17)19-4)15-12-8-10(13(16)18-3)7-6-9(12)2/h6-8,11,15H,5H2,1-4H3. The maximum Gasteiger partial charge on any atom is 0.337 e. The molecule has 1 atom stereocenters. The number of anilines is 1. The van der Waals surface area contributed by atoms with E-state index in [1.807, 2.05) is 13.8 Å². The molecular weight excluding hydrogens is 246 g/mol. The van der Waals surface area contributed by atoms with Crippen LogP contribution in [-0.4, -0.2) is 32.2 Å². The van der Waals surface area contributed by atoms with Crippen LogP contribution in [0.3, 0.4) is 0 Å². The molecule has 0 aliphatic carbocycles. The van der Waals surface area contributed by atoms with Gasteiger partial charge in [0, 0.05) is 5.69 Å². The molecule has 0 aromatic heterocycles. The first kappa shape index (κ1) is 15.0. The van der Waals surface area contributed by atoms with E-state index in [9.17, 15) is 9.59 Å². The van der Waals surface area contributed by atoms with Gasteiger partial charge in [-0.1, -0.05) is 13.0 Å². The van der Waals surface area contributed by atoms with Gasteiger partial charge in [0.2, 0.25) is 0 Å². The van der Waals surface area contributed by atoms with E-state index in [0.29, 0.717) is 12.0 Å². The fraction of sp³-hybridized carbons (Fsp3) is 0.429. The Bertz CT molecular complexity index is 471. The zero-order valence-electron chi connectivity index (χ0n) is 11.6. The number of hydrogen-bond donors (Lipinski definition) is 1. The highest BCUT2D eigenvalue weighted by molar-refractivity contribution is 5.91. The highest BCUT2D eigenvalue weighted by Crippen LogP contribution is 2.19. The molecule has 1 aromatic rings. The monoisotopic (exact) mass is 265 g/mol. The van der Waals surface area contributed by atoms with Crippen molar-refractivity contribution < 1.29 is 19.1 Å². The van der Waals surface area contributed by atoms with Gasteiger partial charge >= 0.3 is 11.9 Å². The van der Waals surface area contributed by atoms with Crippen LogP contribution in [0.15, 0.2) is 18.2 Å². The minimum atomic E-state index is -0.434. The Morgan fingerprint density at radius 3 is 2.47 bits per heavy atom. The van der Waals surface area contributed by atoms with Crippen molar-refractivity contribution in [2.24, 2.45) is 0 Å². The maximum absolute atomic E-state index is 11.6. The molecule has 0 amide bonds. The SMILES string of the molecule is CCC(Nc1cc(C(=O)OC)ccc1C)C(=O)OC. The summed E-state index contributed by atoms with van der Waals surface area (Å²) in [5.41, 5.74) is 2.10. The average Bonchev–Trinajstić information content (AvgIpc) is 2.44. The first-order chi connectivity index (χ1) is 9.03. The Kier molecular flexibility index (Phi) is 5.36. The van der Waals surface area contributed by atoms with Gasteiger partial charge in [0.05, 0.1) is 19.8 Å². The second-order valence-corrected chi connectivity index (χ2v) is 4.15. The third kappa shape index (κ3) is 3.71. The van der Waals surface area contributed by atoms with Gasteiger partial charge in [0.1, 0.15) is 6.04 Å². The molecule has 0 radical (unpaired) electrons. The molecule has 1 unspecified atom stereocenters. The second kappa shape index (κ2) is 6.78. The lowest BCUT2D eigenvalue weighted by Crippen LogP contribution is -2.30. The number of aryl methyl sites for hydroxylation is 1. The third-order valence-electron chi connectivity index (χ3n) is 2.88. The summed E-state index contributed by atoms with van der Waals surface area (Å²) in [4.78, 5) is 23.0. The van der Waals surface area contributed by atoms with Crippen LogP contribution in [0, 0.1) is 6.92 Å². The first-order valence-corrected chi connectivity index (χ1v) is 6.06. The molecule has 0 heterocycles. The molecule has 1 rings (SSSR count). The molecule has 5 heteroatoms. The summed E-state index contributed by atoms with van der Waals surface area (Å²) in [5, 5.41) is 3.08. The smallest absolute Gasteiger partial charge is 0.337 e. The lowest BCUT2D eigenvalue weighted by atomic mass is 10.1. The molecule has 1 aromatic carbocycles. The third-order valence-corrected chi connectivity index (χ3v) is 2.88. The van der Waals surface area contributed by atoms with Crippen LogP contribution in [-0.2, 0) is 14.3 Å². The highest BCUT2D eigenvalue weighted by Gasteiger charge is 2.18. The molecule has 0 spiro atoms. The number of ether oxygens (including phenoxy) is 2. The molecule has 19 heavy (non-hydrogen) atoms. The van der Waals surface area contributed by atoms with Gasteiger partial charge in [-0.05, 0) is 31.0 Å². The van der Waals surface area contributed by atoms with Gasteiger partial charge < -0.3 is 14.8 Å². The predicted molar refractivity (Wildman–Crippen MR) is 72.2 cm³/mol. The van der Waals surface area contributed by atoms with Gasteiger partial charge in [-0.25, -0.2) is 9.59 Å². The van der Waals surface area contributed by atoms with Crippen LogP contribution in [0.1, 0.15) is 29.3 Å². The van der Waals surface area contributed by atoms with E-state index in [1.165, 1.54) is 14.2 Å². The van der Waals surface area contributed by atoms with E-state index in [2.05, 4.69) is 10.1 Å². The van der Waals surface area contributed by atoms with E-state index >= 15 is 0 Å². The summed E-state index contributed by atoms with van der Waals surface area (Å²) in [6.07, 6.45) is 0.592. The first-order valence-electron chi connectivity index (χ1n) is 6.06. The zero-order chi connectivity index (χ0) is 14.4. The minimum absolute atomic E-state index is 0.328. The van der Waals surface area contributed by atoms with Crippen LogP contribution in [0.5, 0.6) is 0 Å². The number of carbonyl (C=O) groups excluding carboxylic acids is 2. The number of benzene rings is 1. The van der Waals surface area contributed by atoms with Crippen molar-refractivity contribution in [3.05, 3.63) is 29.3 Å². The lowest BCUT2D eigenvalue weighted by Gasteiger charge is -2.18. The molecule has 0 fully saturated rings. The highest BCUT2D eigenvalue weighted by atomic mass is 16.5. The van der Waals surface area contributed by atoms with Crippen LogP contribution in [0.2, 0.25) is 0 Å². The molecule has 104 valence electrons. The van der Waals surface area contributed by atoms with Gasteiger partial charge in [-0.15, -0.1) is 0 Å². The van der Waals surface area contributed by atoms with Crippen LogP contribution >= 0.6 is 0 Å². The molecule has 0 saturated heterocycles. The van der Waals surface area contributed by atoms with Crippen molar-refractivity contribution in [2.75, 3.05) is 19.5 Å². The van der Waals surface area contributed by atoms with Crippen molar-refractivity contribution in [1.29, 1.82) is 0 Å². The average molecular weight is 265 g/mol. The lowest BCUT2D eigenvalue weighted by molar-refractivity contribution is -0.141. The van der Waals surface area contributed by atoms with Crippen molar-refractivity contribution in [1.82, 2.24) is 0 Å². The molecule has 0 saturated carbocycles. The normalized spacial score (nSPS) is 11.6. The topological polar surface area (TPSA) is 64.6 Å². The predicted octanol–water partition coefficient (Wildman–Crippen LogP) is 2.15. The number of carbonyl (C=O) groups is 2. The van der Waals surface area contributed by atoms with Gasteiger partial charge in [0.15, 0.2) is 0 Å². The fourth-order valence-electron chi connectivity index (χ4n) is 1.68. The Morgan fingerprint density at radius 2 is 1.95 bits per heavy atom. The summed E-state index contributed by atoms with van der Waals surface area (Å²) in [6.45, 7) is 3.78. The van der Waals surface area contributed by atoms with E-state index in [0.717, 1.165) is 11.3 Å². The van der Waals surface area contributed by atoms with E-state index in [1.54, 1.807) is 18.2 Å². The van der Waals surface area contributed by atoms with Gasteiger partial charge in [-0.2, -0.15) is 0 Å². The van der Waals surface area contributed by atoms with Crippen LogP contribution < -0.4 is 5.32 Å². The van der Waals surface area contributed by atoms with Crippen LogP contribution in [0.4, 0.5) is 5.69 Å². The Hall–Kier alpha value is -2.04. The van der Waals surface area contributed by atoms with Crippen molar-refractivity contribution in [2.45, 2.75) is 26.3 Å². The molecule has 1 N–H and O–H groups in total. The zero-order valence-corrected chi connectivity index (χ0v) is 11.6. The molecule has 0 aliphatic rings. The molecular formula is C14H19NO4. The van der Waals surface area contributed by atoms with Crippen molar-refractivity contribution >= 4 is 17.6 Å². The largest absolute Gasteiger partial charge is 0.467 e. The Labute approximate surface area is 112 Å². The summed E-state index contributed by atoms with van der Waals surface area (Å²) < 4.78 is 9.39. The van der Waals surface area contributed by atoms with Gasteiger partial charge in [-0.3, -0.25) is 0 Å². The quantitative estimate of drug-likeness (QED) is 0.826. The molecule has 0 bridgehead atoms. The molecule has 5 nitrogen and oxygen atoms in total. The maximum atomic E-state index is 11.6. The number of nitrogens with one attached hydrogen (secondary N) is 1.